The third-order valence-corrected chi connectivity index (χ3v) is 3.07. The van der Waals surface area contributed by atoms with Crippen molar-refractivity contribution < 1.29 is 4.79 Å². The van der Waals surface area contributed by atoms with Crippen LogP contribution >= 0.6 is 0 Å². The molecular weight excluding hydrogens is 228 g/mol. The summed E-state index contributed by atoms with van der Waals surface area (Å²) in [6.45, 7) is 7.32. The zero-order valence-corrected chi connectivity index (χ0v) is 11.6. The molecule has 102 valence electrons. The van der Waals surface area contributed by atoms with Gasteiger partial charge in [0.25, 0.3) is 0 Å². The largest absolute Gasteiger partial charge is 0.368 e. The van der Waals surface area contributed by atoms with Crippen LogP contribution in [0.4, 0.5) is 0 Å². The van der Waals surface area contributed by atoms with E-state index in [1.807, 2.05) is 17.7 Å². The Balaban J connectivity index is 2.82. The van der Waals surface area contributed by atoms with Crippen molar-refractivity contribution in [2.45, 2.75) is 52.1 Å². The molecule has 1 aromatic heterocycles. The lowest BCUT2D eigenvalue weighted by molar-refractivity contribution is -0.124. The van der Waals surface area contributed by atoms with Crippen molar-refractivity contribution >= 4 is 5.91 Å². The Morgan fingerprint density at radius 1 is 1.50 bits per heavy atom. The number of carbonyl (C=O) groups is 1. The highest BCUT2D eigenvalue weighted by molar-refractivity contribution is 5.84. The van der Waals surface area contributed by atoms with Gasteiger partial charge in [-0.2, -0.15) is 0 Å². The van der Waals surface area contributed by atoms with Gasteiger partial charge in [0, 0.05) is 18.8 Å². The summed E-state index contributed by atoms with van der Waals surface area (Å²) in [5, 5.41) is 3.23. The zero-order valence-electron chi connectivity index (χ0n) is 11.6. The molecule has 0 saturated heterocycles. The molecule has 1 aromatic rings. The highest BCUT2D eigenvalue weighted by Gasteiger charge is 2.31. The minimum atomic E-state index is -0.723. The fraction of sp³-hybridized carbons (Fsp3) is 0.692. The van der Waals surface area contributed by atoms with E-state index in [9.17, 15) is 4.79 Å². The molecule has 3 N–H and O–H groups in total. The van der Waals surface area contributed by atoms with Crippen LogP contribution < -0.4 is 11.1 Å². The Morgan fingerprint density at radius 3 is 2.78 bits per heavy atom. The minimum Gasteiger partial charge on any atom is -0.368 e. The van der Waals surface area contributed by atoms with E-state index >= 15 is 0 Å². The molecule has 0 radical (unpaired) electrons. The first kappa shape index (κ1) is 14.7. The number of carbonyl (C=O) groups excluding carboxylic acids is 1. The molecule has 0 bridgehead atoms. The highest BCUT2D eigenvalue weighted by atomic mass is 16.1. The van der Waals surface area contributed by atoms with Gasteiger partial charge in [0.05, 0.1) is 6.54 Å². The van der Waals surface area contributed by atoms with Crippen LogP contribution in [0.15, 0.2) is 12.4 Å². The van der Waals surface area contributed by atoms with Crippen LogP contribution in [-0.4, -0.2) is 27.5 Å². The van der Waals surface area contributed by atoms with Crippen LogP contribution in [0.1, 0.15) is 39.4 Å². The third kappa shape index (κ3) is 3.57. The molecule has 0 saturated carbocycles. The van der Waals surface area contributed by atoms with E-state index in [0.717, 1.165) is 31.6 Å². The van der Waals surface area contributed by atoms with E-state index in [-0.39, 0.29) is 5.91 Å². The Kier molecular flexibility index (Phi) is 5.34. The van der Waals surface area contributed by atoms with E-state index < -0.39 is 5.54 Å². The molecule has 0 fully saturated rings. The Hall–Kier alpha value is -1.36. The molecule has 0 aromatic carbocycles. The van der Waals surface area contributed by atoms with Crippen LogP contribution in [-0.2, 0) is 17.8 Å². The van der Waals surface area contributed by atoms with Gasteiger partial charge in [-0.05, 0) is 26.3 Å². The van der Waals surface area contributed by atoms with Gasteiger partial charge in [-0.3, -0.25) is 4.79 Å². The van der Waals surface area contributed by atoms with Crippen molar-refractivity contribution in [2.24, 2.45) is 5.73 Å². The van der Waals surface area contributed by atoms with Crippen LogP contribution in [0.25, 0.3) is 0 Å². The maximum absolute atomic E-state index is 11.6. The number of rotatable bonds is 8. The summed E-state index contributed by atoms with van der Waals surface area (Å²) in [7, 11) is 0. The summed E-state index contributed by atoms with van der Waals surface area (Å²) < 4.78 is 2.01. The van der Waals surface area contributed by atoms with Crippen LogP contribution in [0.5, 0.6) is 0 Å². The van der Waals surface area contributed by atoms with E-state index in [1.54, 1.807) is 6.20 Å². The summed E-state index contributed by atoms with van der Waals surface area (Å²) >= 11 is 0. The van der Waals surface area contributed by atoms with Gasteiger partial charge in [-0.25, -0.2) is 4.98 Å². The van der Waals surface area contributed by atoms with Crippen molar-refractivity contribution in [3.8, 4) is 0 Å². The monoisotopic (exact) mass is 252 g/mol. The van der Waals surface area contributed by atoms with Gasteiger partial charge in [-0.1, -0.05) is 13.8 Å². The molecule has 0 aliphatic carbocycles. The molecule has 1 unspecified atom stereocenters. The molecule has 1 heterocycles. The summed E-state index contributed by atoms with van der Waals surface area (Å²) in [6.07, 6.45) is 6.59. The number of aryl methyl sites for hydroxylation is 1. The van der Waals surface area contributed by atoms with Gasteiger partial charge in [-0.15, -0.1) is 0 Å². The SMILES string of the molecule is CCCNC(C)(Cn1ccnc1CCC)C(N)=O. The predicted molar refractivity (Wildman–Crippen MR) is 72.1 cm³/mol. The molecule has 1 rings (SSSR count). The second kappa shape index (κ2) is 6.54. The Morgan fingerprint density at radius 2 is 2.22 bits per heavy atom. The molecule has 5 heteroatoms. The molecule has 0 aliphatic heterocycles. The Labute approximate surface area is 109 Å². The first-order valence-electron chi connectivity index (χ1n) is 6.58. The summed E-state index contributed by atoms with van der Waals surface area (Å²) in [4.78, 5) is 16.0. The first-order valence-corrected chi connectivity index (χ1v) is 6.58. The van der Waals surface area contributed by atoms with E-state index in [0.29, 0.717) is 6.54 Å². The van der Waals surface area contributed by atoms with Crippen molar-refractivity contribution in [2.75, 3.05) is 6.54 Å². The Bertz CT molecular complexity index is 388. The average molecular weight is 252 g/mol. The fourth-order valence-corrected chi connectivity index (χ4v) is 1.90. The van der Waals surface area contributed by atoms with Crippen LogP contribution in [0.3, 0.4) is 0 Å². The summed E-state index contributed by atoms with van der Waals surface area (Å²) in [6, 6.07) is 0. The van der Waals surface area contributed by atoms with Crippen molar-refractivity contribution in [3.05, 3.63) is 18.2 Å². The predicted octanol–water partition coefficient (Wildman–Crippen LogP) is 1.08. The average Bonchev–Trinajstić information content (AvgIpc) is 2.74. The van der Waals surface area contributed by atoms with Crippen molar-refractivity contribution in [1.29, 1.82) is 0 Å². The summed E-state index contributed by atoms with van der Waals surface area (Å²) in [5.74, 6) is 0.676. The van der Waals surface area contributed by atoms with E-state index in [2.05, 4.69) is 24.1 Å². The molecule has 1 amide bonds. The zero-order chi connectivity index (χ0) is 13.6. The second-order valence-corrected chi connectivity index (χ2v) is 4.84. The number of amides is 1. The highest BCUT2D eigenvalue weighted by Crippen LogP contribution is 2.11. The van der Waals surface area contributed by atoms with Crippen LogP contribution in [0, 0.1) is 0 Å². The third-order valence-electron chi connectivity index (χ3n) is 3.07. The maximum Gasteiger partial charge on any atom is 0.239 e. The lowest BCUT2D eigenvalue weighted by Gasteiger charge is -2.28. The lowest BCUT2D eigenvalue weighted by atomic mass is 10.0. The molecular formula is C13H24N4O. The molecule has 18 heavy (non-hydrogen) atoms. The number of hydrogen-bond donors (Lipinski definition) is 2. The van der Waals surface area contributed by atoms with Crippen molar-refractivity contribution in [3.63, 3.8) is 0 Å². The topological polar surface area (TPSA) is 72.9 Å². The number of nitrogens with two attached hydrogens (primary N) is 1. The maximum atomic E-state index is 11.6. The van der Waals surface area contributed by atoms with Crippen molar-refractivity contribution in [1.82, 2.24) is 14.9 Å². The van der Waals surface area contributed by atoms with E-state index in [1.165, 1.54) is 0 Å². The normalized spacial score (nSPS) is 14.4. The van der Waals surface area contributed by atoms with Crippen LogP contribution in [0.2, 0.25) is 0 Å². The molecule has 0 spiro atoms. The minimum absolute atomic E-state index is 0.327. The summed E-state index contributed by atoms with van der Waals surface area (Å²) in [5.41, 5.74) is 4.79. The number of nitrogens with zero attached hydrogens (tertiary/aromatic N) is 2. The smallest absolute Gasteiger partial charge is 0.239 e. The van der Waals surface area contributed by atoms with E-state index in [4.69, 9.17) is 5.73 Å². The van der Waals surface area contributed by atoms with Gasteiger partial charge >= 0.3 is 0 Å². The van der Waals surface area contributed by atoms with Gasteiger partial charge in [0.2, 0.25) is 5.91 Å². The quantitative estimate of drug-likeness (QED) is 0.727. The number of aromatic nitrogens is 2. The number of imidazole rings is 1. The lowest BCUT2D eigenvalue weighted by Crippen LogP contribution is -2.56. The second-order valence-electron chi connectivity index (χ2n) is 4.84. The molecule has 1 atom stereocenters. The first-order chi connectivity index (χ1) is 8.53. The number of nitrogens with one attached hydrogen (secondary N) is 1. The van der Waals surface area contributed by atoms with Gasteiger partial charge < -0.3 is 15.6 Å². The number of primary amides is 1. The standard InChI is InChI=1S/C13H24N4O/c1-4-6-11-15-8-9-17(11)10-13(3,12(14)18)16-7-5-2/h8-9,16H,4-7,10H2,1-3H3,(H2,14,18). The fourth-order valence-electron chi connectivity index (χ4n) is 1.90. The number of hydrogen-bond acceptors (Lipinski definition) is 3. The molecule has 5 nitrogen and oxygen atoms in total. The van der Waals surface area contributed by atoms with Gasteiger partial charge in [0.1, 0.15) is 11.4 Å². The molecule has 0 aliphatic rings. The van der Waals surface area contributed by atoms with Gasteiger partial charge in [0.15, 0.2) is 0 Å².